The zero-order valence-electron chi connectivity index (χ0n) is 11.1. The fourth-order valence-corrected chi connectivity index (χ4v) is 1.28. The molecule has 0 amide bonds. The summed E-state index contributed by atoms with van der Waals surface area (Å²) in [6, 6.07) is 7.44. The molecule has 0 atom stereocenters. The summed E-state index contributed by atoms with van der Waals surface area (Å²) in [6.07, 6.45) is 5.31. The number of nitrogens with zero attached hydrogens (tertiary/aromatic N) is 2. The monoisotopic (exact) mass is 336 g/mol. The Kier molecular flexibility index (Phi) is 5.44. The second-order valence-corrected chi connectivity index (χ2v) is 5.41. The zero-order chi connectivity index (χ0) is 17.0. The number of halogens is 3. The molecule has 0 aliphatic rings. The number of alkyl halides is 3. The van der Waals surface area contributed by atoms with Crippen LogP contribution in [0.2, 0.25) is 0 Å². The number of carbonyl (C=O) groups is 1. The standard InChI is InChI=1S/C11H10N2O.CHF3O3S/c1-9(14)10-2-4-11(5-3-10)13-7-6-12-8-13;2-1(3,4)8(5,6)7/h2-8H,1H3;(H,5,6,7). The van der Waals surface area contributed by atoms with Gasteiger partial charge >= 0.3 is 15.6 Å². The maximum Gasteiger partial charge on any atom is 0.522 e. The van der Waals surface area contributed by atoms with Crippen molar-refractivity contribution in [2.45, 2.75) is 12.4 Å². The minimum absolute atomic E-state index is 0.0854. The van der Waals surface area contributed by atoms with Crippen molar-refractivity contribution < 1.29 is 30.9 Å². The van der Waals surface area contributed by atoms with E-state index in [0.717, 1.165) is 11.3 Å². The van der Waals surface area contributed by atoms with Crippen LogP contribution in [0, 0.1) is 0 Å². The van der Waals surface area contributed by atoms with Crippen LogP contribution >= 0.6 is 0 Å². The lowest BCUT2D eigenvalue weighted by Crippen LogP contribution is -2.21. The summed E-state index contributed by atoms with van der Waals surface area (Å²) in [5.41, 5.74) is -3.80. The number of carbonyl (C=O) groups excluding carboxylic acids is 1. The second kappa shape index (κ2) is 6.71. The lowest BCUT2D eigenvalue weighted by atomic mass is 10.1. The van der Waals surface area contributed by atoms with Crippen molar-refractivity contribution in [2.24, 2.45) is 0 Å². The highest BCUT2D eigenvalue weighted by molar-refractivity contribution is 7.86. The third kappa shape index (κ3) is 4.97. The van der Waals surface area contributed by atoms with Gasteiger partial charge < -0.3 is 4.57 Å². The van der Waals surface area contributed by atoms with E-state index in [-0.39, 0.29) is 5.78 Å². The number of hydrogen-bond donors (Lipinski definition) is 1. The Bertz CT molecular complexity index is 723. The Balaban J connectivity index is 0.000000261. The van der Waals surface area contributed by atoms with Crippen molar-refractivity contribution in [3.8, 4) is 5.69 Å². The van der Waals surface area contributed by atoms with Crippen LogP contribution in [0.25, 0.3) is 5.69 Å². The van der Waals surface area contributed by atoms with E-state index in [1.54, 1.807) is 19.4 Å². The average Bonchev–Trinajstić information content (AvgIpc) is 2.91. The van der Waals surface area contributed by atoms with Gasteiger partial charge in [0.25, 0.3) is 0 Å². The van der Waals surface area contributed by atoms with E-state index in [1.807, 2.05) is 35.0 Å². The average molecular weight is 336 g/mol. The molecule has 1 heterocycles. The maximum absolute atomic E-state index is 11.0. The molecule has 2 aromatic rings. The third-order valence-electron chi connectivity index (χ3n) is 2.37. The number of benzene rings is 1. The van der Waals surface area contributed by atoms with E-state index in [0.29, 0.717) is 0 Å². The minimum atomic E-state index is -5.84. The smallest absolute Gasteiger partial charge is 0.306 e. The summed E-state index contributed by atoms with van der Waals surface area (Å²) in [5, 5.41) is 0. The number of ketones is 1. The Morgan fingerprint density at radius 1 is 1.23 bits per heavy atom. The summed E-state index contributed by atoms with van der Waals surface area (Å²) >= 11 is 0. The summed E-state index contributed by atoms with van der Waals surface area (Å²) in [6.45, 7) is 1.56. The predicted octanol–water partition coefficient (Wildman–Crippen LogP) is 2.47. The molecule has 1 N–H and O–H groups in total. The molecule has 0 saturated carbocycles. The summed E-state index contributed by atoms with van der Waals surface area (Å²) < 4.78 is 59.4. The molecule has 1 aromatic heterocycles. The quantitative estimate of drug-likeness (QED) is 0.517. The SMILES string of the molecule is CC(=O)c1ccc(-n2ccnc2)cc1.O=S(=O)(O)C(F)(F)F. The molecule has 0 spiro atoms. The zero-order valence-corrected chi connectivity index (χ0v) is 12.0. The molecule has 0 radical (unpaired) electrons. The molecule has 0 aliphatic heterocycles. The molecule has 0 saturated heterocycles. The van der Waals surface area contributed by atoms with E-state index in [1.165, 1.54) is 0 Å². The van der Waals surface area contributed by atoms with Gasteiger partial charge in [-0.3, -0.25) is 9.35 Å². The molecule has 2 rings (SSSR count). The van der Waals surface area contributed by atoms with Crippen LogP contribution in [0.15, 0.2) is 43.0 Å². The molecular formula is C12H11F3N2O4S. The normalized spacial score (nSPS) is 11.5. The van der Waals surface area contributed by atoms with Gasteiger partial charge in [-0.15, -0.1) is 0 Å². The van der Waals surface area contributed by atoms with E-state index in [4.69, 9.17) is 13.0 Å². The molecule has 10 heteroatoms. The lowest BCUT2D eigenvalue weighted by Gasteiger charge is -2.01. The molecule has 0 unspecified atom stereocenters. The van der Waals surface area contributed by atoms with Gasteiger partial charge in [-0.2, -0.15) is 21.6 Å². The van der Waals surface area contributed by atoms with Gasteiger partial charge in [-0.1, -0.05) is 0 Å². The molecule has 0 fully saturated rings. The van der Waals surface area contributed by atoms with Crippen LogP contribution in [-0.4, -0.2) is 33.8 Å². The summed E-state index contributed by atoms with van der Waals surface area (Å²) in [4.78, 5) is 15.0. The number of aromatic nitrogens is 2. The molecule has 1 aromatic carbocycles. The molecule has 120 valence electrons. The van der Waals surface area contributed by atoms with Gasteiger partial charge in [0, 0.05) is 23.6 Å². The summed E-state index contributed by atoms with van der Waals surface area (Å²) in [7, 11) is -5.84. The third-order valence-corrected chi connectivity index (χ3v) is 2.95. The largest absolute Gasteiger partial charge is 0.522 e. The fourth-order valence-electron chi connectivity index (χ4n) is 1.28. The molecule has 22 heavy (non-hydrogen) atoms. The van der Waals surface area contributed by atoms with Gasteiger partial charge in [-0.25, -0.2) is 4.98 Å². The first-order valence-corrected chi connectivity index (χ1v) is 7.09. The minimum Gasteiger partial charge on any atom is -0.306 e. The van der Waals surface area contributed by atoms with E-state index >= 15 is 0 Å². The van der Waals surface area contributed by atoms with E-state index in [2.05, 4.69) is 4.98 Å². The summed E-state index contributed by atoms with van der Waals surface area (Å²) in [5.74, 6) is 0.0854. The Labute approximate surface area is 124 Å². The van der Waals surface area contributed by atoms with E-state index < -0.39 is 15.6 Å². The van der Waals surface area contributed by atoms with Crippen LogP contribution in [0.3, 0.4) is 0 Å². The van der Waals surface area contributed by atoms with Crippen molar-refractivity contribution in [1.29, 1.82) is 0 Å². The highest BCUT2D eigenvalue weighted by Crippen LogP contribution is 2.20. The number of imidazole rings is 1. The Morgan fingerprint density at radius 2 is 1.73 bits per heavy atom. The van der Waals surface area contributed by atoms with Crippen molar-refractivity contribution in [3.63, 3.8) is 0 Å². The maximum atomic E-state index is 11.0. The number of hydrogen-bond acceptors (Lipinski definition) is 4. The molecule has 0 bridgehead atoms. The van der Waals surface area contributed by atoms with Crippen molar-refractivity contribution in [1.82, 2.24) is 9.55 Å². The van der Waals surface area contributed by atoms with Gasteiger partial charge in [0.2, 0.25) is 0 Å². The number of rotatable bonds is 2. The molecule has 0 aliphatic carbocycles. The van der Waals surface area contributed by atoms with Crippen molar-refractivity contribution in [3.05, 3.63) is 48.5 Å². The predicted molar refractivity (Wildman–Crippen MR) is 71.2 cm³/mol. The van der Waals surface area contributed by atoms with Crippen molar-refractivity contribution >= 4 is 15.9 Å². The first kappa shape index (κ1) is 17.9. The molecular weight excluding hydrogens is 325 g/mol. The van der Waals surface area contributed by atoms with Crippen LogP contribution in [-0.2, 0) is 10.1 Å². The van der Waals surface area contributed by atoms with Gasteiger partial charge in [0.15, 0.2) is 5.78 Å². The Hall–Kier alpha value is -2.20. The van der Waals surface area contributed by atoms with Gasteiger partial charge in [0.05, 0.1) is 6.33 Å². The van der Waals surface area contributed by atoms with Crippen LogP contribution in [0.4, 0.5) is 13.2 Å². The van der Waals surface area contributed by atoms with Crippen LogP contribution in [0.5, 0.6) is 0 Å². The molecule has 6 nitrogen and oxygen atoms in total. The first-order valence-electron chi connectivity index (χ1n) is 5.65. The highest BCUT2D eigenvalue weighted by Gasteiger charge is 2.44. The first-order chi connectivity index (χ1) is 10.0. The van der Waals surface area contributed by atoms with E-state index in [9.17, 15) is 18.0 Å². The topological polar surface area (TPSA) is 89.3 Å². The lowest BCUT2D eigenvalue weighted by molar-refractivity contribution is -0.0510. The Morgan fingerprint density at radius 3 is 2.05 bits per heavy atom. The van der Waals surface area contributed by atoms with Crippen LogP contribution in [0.1, 0.15) is 17.3 Å². The van der Waals surface area contributed by atoms with Gasteiger partial charge in [0.1, 0.15) is 0 Å². The van der Waals surface area contributed by atoms with Crippen LogP contribution < -0.4 is 0 Å². The van der Waals surface area contributed by atoms with Crippen molar-refractivity contribution in [2.75, 3.05) is 0 Å². The fraction of sp³-hybridized carbons (Fsp3) is 0.167. The van der Waals surface area contributed by atoms with Gasteiger partial charge in [-0.05, 0) is 31.2 Å². The second-order valence-electron chi connectivity index (χ2n) is 3.99. The number of Topliss-reactive ketones (excluding diaryl/α,β-unsaturated/α-hetero) is 1. The highest BCUT2D eigenvalue weighted by atomic mass is 32.2.